The second-order valence-electron chi connectivity index (χ2n) is 7.59. The first kappa shape index (κ1) is 13.6. The number of methoxy groups -OCH3 is 1. The fourth-order valence-electron chi connectivity index (χ4n) is 5.68. The zero-order valence-corrected chi connectivity index (χ0v) is 13.2. The van der Waals surface area contributed by atoms with Crippen molar-refractivity contribution in [1.82, 2.24) is 9.78 Å². The molecule has 0 aliphatic heterocycles. The van der Waals surface area contributed by atoms with Crippen LogP contribution in [0.25, 0.3) is 0 Å². The molecule has 4 nitrogen and oxygen atoms in total. The molecule has 1 aromatic heterocycles. The quantitative estimate of drug-likeness (QED) is 0.930. The van der Waals surface area contributed by atoms with Crippen LogP contribution in [-0.2, 0) is 5.60 Å². The van der Waals surface area contributed by atoms with Crippen molar-refractivity contribution in [2.45, 2.75) is 57.6 Å². The Labute approximate surface area is 126 Å². The van der Waals surface area contributed by atoms with Crippen molar-refractivity contribution in [2.75, 3.05) is 7.11 Å². The lowest BCUT2D eigenvalue weighted by atomic mass is 9.71. The Hall–Kier alpha value is -1.03. The molecule has 2 bridgehead atoms. The molecule has 0 saturated heterocycles. The van der Waals surface area contributed by atoms with Crippen molar-refractivity contribution in [3.05, 3.63) is 11.9 Å². The molecule has 3 saturated carbocycles. The first-order chi connectivity index (χ1) is 10.1. The molecule has 3 aliphatic carbocycles. The molecular formula is C17H26N2O2. The van der Waals surface area contributed by atoms with Crippen molar-refractivity contribution < 1.29 is 9.84 Å². The molecule has 0 radical (unpaired) electrons. The summed E-state index contributed by atoms with van der Waals surface area (Å²) < 4.78 is 7.51. The van der Waals surface area contributed by atoms with Gasteiger partial charge in [0.1, 0.15) is 11.3 Å². The SMILES string of the molecule is COc1cnn(C(C)C)c1C1(O)CC2CC1C1CCCC21. The third-order valence-electron chi connectivity index (χ3n) is 6.37. The maximum absolute atomic E-state index is 11.6. The summed E-state index contributed by atoms with van der Waals surface area (Å²) in [6, 6.07) is 0.242. The average Bonchev–Trinajstić information content (AvgIpc) is 3.17. The van der Waals surface area contributed by atoms with E-state index in [0.717, 1.165) is 23.8 Å². The van der Waals surface area contributed by atoms with E-state index in [2.05, 4.69) is 18.9 Å². The Balaban J connectivity index is 1.78. The summed E-state index contributed by atoms with van der Waals surface area (Å²) in [5.74, 6) is 3.45. The van der Waals surface area contributed by atoms with Crippen molar-refractivity contribution in [3.8, 4) is 5.75 Å². The number of aromatic nitrogens is 2. The lowest BCUT2D eigenvalue weighted by Crippen LogP contribution is -2.41. The van der Waals surface area contributed by atoms with E-state index < -0.39 is 5.60 Å². The van der Waals surface area contributed by atoms with Gasteiger partial charge in [0.05, 0.1) is 13.3 Å². The molecular weight excluding hydrogens is 264 g/mol. The van der Waals surface area contributed by atoms with Gasteiger partial charge in [-0.3, -0.25) is 4.68 Å². The fraction of sp³-hybridized carbons (Fsp3) is 0.824. The first-order valence-corrected chi connectivity index (χ1v) is 8.40. The summed E-state index contributed by atoms with van der Waals surface area (Å²) in [5.41, 5.74) is 0.195. The van der Waals surface area contributed by atoms with Crippen LogP contribution in [0.1, 0.15) is 57.7 Å². The molecule has 116 valence electrons. The molecule has 1 aromatic rings. The van der Waals surface area contributed by atoms with Gasteiger partial charge in [-0.15, -0.1) is 0 Å². The largest absolute Gasteiger partial charge is 0.493 e. The van der Waals surface area contributed by atoms with E-state index in [9.17, 15) is 5.11 Å². The molecule has 0 aromatic carbocycles. The van der Waals surface area contributed by atoms with E-state index in [1.54, 1.807) is 13.3 Å². The summed E-state index contributed by atoms with van der Waals surface area (Å²) in [7, 11) is 1.68. The van der Waals surface area contributed by atoms with Crippen LogP contribution >= 0.6 is 0 Å². The number of aliphatic hydroxyl groups is 1. The van der Waals surface area contributed by atoms with Gasteiger partial charge in [-0.05, 0) is 63.2 Å². The van der Waals surface area contributed by atoms with Crippen LogP contribution < -0.4 is 4.74 Å². The molecule has 3 aliphatic rings. The molecule has 0 spiro atoms. The minimum atomic E-state index is -0.734. The van der Waals surface area contributed by atoms with E-state index >= 15 is 0 Å². The van der Waals surface area contributed by atoms with E-state index in [0.29, 0.717) is 17.8 Å². The maximum Gasteiger partial charge on any atom is 0.162 e. The monoisotopic (exact) mass is 290 g/mol. The van der Waals surface area contributed by atoms with Gasteiger partial charge in [-0.25, -0.2) is 0 Å². The van der Waals surface area contributed by atoms with E-state index in [1.165, 1.54) is 25.7 Å². The average molecular weight is 290 g/mol. The zero-order valence-electron chi connectivity index (χ0n) is 13.2. The second kappa shape index (κ2) is 4.48. The van der Waals surface area contributed by atoms with Crippen LogP contribution in [0.3, 0.4) is 0 Å². The van der Waals surface area contributed by atoms with Gasteiger partial charge in [0, 0.05) is 6.04 Å². The summed E-state index contributed by atoms with van der Waals surface area (Å²) in [4.78, 5) is 0. The van der Waals surface area contributed by atoms with Gasteiger partial charge < -0.3 is 9.84 Å². The highest BCUT2D eigenvalue weighted by molar-refractivity contribution is 5.35. The standard InChI is InChI=1S/C17H26N2O2/c1-10(2)19-16(15(21-3)9-18-19)17(20)8-11-7-14(17)13-6-4-5-12(11)13/h9-14,20H,4-8H2,1-3H3. The normalized spacial score (nSPS) is 41.0. The predicted octanol–water partition coefficient (Wildman–Crippen LogP) is 3.12. The Morgan fingerprint density at radius 3 is 2.86 bits per heavy atom. The van der Waals surface area contributed by atoms with E-state index in [4.69, 9.17) is 4.74 Å². The van der Waals surface area contributed by atoms with E-state index in [1.807, 2.05) is 4.68 Å². The van der Waals surface area contributed by atoms with Crippen LogP contribution in [0.4, 0.5) is 0 Å². The number of nitrogens with zero attached hydrogens (tertiary/aromatic N) is 2. The number of rotatable bonds is 3. The van der Waals surface area contributed by atoms with Crippen molar-refractivity contribution in [2.24, 2.45) is 23.7 Å². The molecule has 4 heteroatoms. The third kappa shape index (κ3) is 1.68. The number of ether oxygens (including phenoxy) is 1. The van der Waals surface area contributed by atoms with Crippen LogP contribution in [-0.4, -0.2) is 22.0 Å². The van der Waals surface area contributed by atoms with Gasteiger partial charge in [-0.2, -0.15) is 5.10 Å². The van der Waals surface area contributed by atoms with Gasteiger partial charge in [0.15, 0.2) is 5.75 Å². The van der Waals surface area contributed by atoms with Gasteiger partial charge >= 0.3 is 0 Å². The number of hydrogen-bond donors (Lipinski definition) is 1. The zero-order chi connectivity index (χ0) is 14.8. The van der Waals surface area contributed by atoms with Gasteiger partial charge in [0.2, 0.25) is 0 Å². The lowest BCUT2D eigenvalue weighted by molar-refractivity contribution is -0.0599. The minimum Gasteiger partial charge on any atom is -0.493 e. The molecule has 5 atom stereocenters. The first-order valence-electron chi connectivity index (χ1n) is 8.40. The van der Waals surface area contributed by atoms with Gasteiger partial charge in [0.25, 0.3) is 0 Å². The summed E-state index contributed by atoms with van der Waals surface area (Å²) in [6.45, 7) is 4.23. The summed E-state index contributed by atoms with van der Waals surface area (Å²) in [6.07, 6.45) is 7.88. The molecule has 0 amide bonds. The molecule has 4 rings (SSSR count). The molecule has 1 N–H and O–H groups in total. The minimum absolute atomic E-state index is 0.242. The second-order valence-corrected chi connectivity index (χ2v) is 7.59. The van der Waals surface area contributed by atoms with Crippen LogP contribution in [0, 0.1) is 23.7 Å². The topological polar surface area (TPSA) is 47.3 Å². The van der Waals surface area contributed by atoms with Crippen LogP contribution in [0.5, 0.6) is 5.75 Å². The molecule has 3 fully saturated rings. The molecule has 21 heavy (non-hydrogen) atoms. The Bertz CT molecular complexity index is 553. The third-order valence-corrected chi connectivity index (χ3v) is 6.37. The highest BCUT2D eigenvalue weighted by atomic mass is 16.5. The van der Waals surface area contributed by atoms with Crippen LogP contribution in [0.15, 0.2) is 6.20 Å². The highest BCUT2D eigenvalue weighted by Crippen LogP contribution is 2.66. The number of fused-ring (bicyclic) bond motifs is 5. The molecule has 1 heterocycles. The fourth-order valence-corrected chi connectivity index (χ4v) is 5.68. The smallest absolute Gasteiger partial charge is 0.162 e. The number of hydrogen-bond acceptors (Lipinski definition) is 3. The van der Waals surface area contributed by atoms with Crippen molar-refractivity contribution in [3.63, 3.8) is 0 Å². The predicted molar refractivity (Wildman–Crippen MR) is 80.1 cm³/mol. The van der Waals surface area contributed by atoms with Gasteiger partial charge in [-0.1, -0.05) is 6.42 Å². The maximum atomic E-state index is 11.6. The van der Waals surface area contributed by atoms with E-state index in [-0.39, 0.29) is 6.04 Å². The van der Waals surface area contributed by atoms with Crippen LogP contribution in [0.2, 0.25) is 0 Å². The highest BCUT2D eigenvalue weighted by Gasteiger charge is 2.62. The summed E-state index contributed by atoms with van der Waals surface area (Å²) >= 11 is 0. The Kier molecular flexibility index (Phi) is 2.91. The lowest BCUT2D eigenvalue weighted by Gasteiger charge is -2.39. The molecule has 5 unspecified atom stereocenters. The van der Waals surface area contributed by atoms with Crippen molar-refractivity contribution in [1.29, 1.82) is 0 Å². The Morgan fingerprint density at radius 2 is 2.14 bits per heavy atom. The van der Waals surface area contributed by atoms with Crippen molar-refractivity contribution >= 4 is 0 Å². The summed E-state index contributed by atoms with van der Waals surface area (Å²) in [5, 5.41) is 16.1. The Morgan fingerprint density at radius 1 is 1.38 bits per heavy atom.